The van der Waals surface area contributed by atoms with E-state index < -0.39 is 12.0 Å². The molecule has 114 valence electrons. The summed E-state index contributed by atoms with van der Waals surface area (Å²) in [5.41, 5.74) is 2.40. The van der Waals surface area contributed by atoms with Gasteiger partial charge in [0.05, 0.1) is 5.37 Å². The van der Waals surface area contributed by atoms with Crippen LogP contribution in [0.2, 0.25) is 0 Å². The molecule has 0 radical (unpaired) electrons. The van der Waals surface area contributed by atoms with Gasteiger partial charge in [-0.05, 0) is 30.9 Å². The Morgan fingerprint density at radius 1 is 1.29 bits per heavy atom. The Hall–Kier alpha value is -1.49. The lowest BCUT2D eigenvalue weighted by atomic mass is 10.1. The molecular weight excluding hydrogens is 286 g/mol. The van der Waals surface area contributed by atoms with Crippen LogP contribution in [-0.4, -0.2) is 39.1 Å². The molecule has 1 amide bonds. The molecule has 21 heavy (non-hydrogen) atoms. The van der Waals surface area contributed by atoms with Crippen molar-refractivity contribution in [3.63, 3.8) is 0 Å². The minimum Gasteiger partial charge on any atom is -0.480 e. The van der Waals surface area contributed by atoms with Crippen LogP contribution in [0.25, 0.3) is 0 Å². The standard InChI is InChI=1S/C16H21NO3S/c1-3-12-4-6-13(7-5-12)8-9-15(18)17-11(2)21-10-14(17)16(19)20/h4-7,11,14H,3,8-10H2,1-2H3,(H,19,20). The van der Waals surface area contributed by atoms with Gasteiger partial charge in [-0.15, -0.1) is 11.8 Å². The van der Waals surface area contributed by atoms with Gasteiger partial charge in [0.15, 0.2) is 0 Å². The summed E-state index contributed by atoms with van der Waals surface area (Å²) in [5.74, 6) is -0.500. The molecule has 1 aromatic carbocycles. The largest absolute Gasteiger partial charge is 0.480 e. The summed E-state index contributed by atoms with van der Waals surface area (Å²) in [6, 6.07) is 7.56. The molecule has 0 saturated carbocycles. The molecule has 0 aliphatic carbocycles. The Morgan fingerprint density at radius 2 is 1.90 bits per heavy atom. The van der Waals surface area contributed by atoms with E-state index in [0.717, 1.165) is 12.0 Å². The van der Waals surface area contributed by atoms with Crippen molar-refractivity contribution in [1.29, 1.82) is 0 Å². The van der Waals surface area contributed by atoms with Crippen LogP contribution in [-0.2, 0) is 22.4 Å². The normalized spacial score (nSPS) is 21.5. The number of aryl methyl sites for hydroxylation is 2. The summed E-state index contributed by atoms with van der Waals surface area (Å²) in [6.07, 6.45) is 2.02. The summed E-state index contributed by atoms with van der Waals surface area (Å²) in [6.45, 7) is 4.00. The van der Waals surface area contributed by atoms with E-state index in [1.54, 1.807) is 0 Å². The molecule has 5 heteroatoms. The van der Waals surface area contributed by atoms with Crippen molar-refractivity contribution in [2.45, 2.75) is 44.5 Å². The van der Waals surface area contributed by atoms with Crippen LogP contribution < -0.4 is 0 Å². The van der Waals surface area contributed by atoms with Crippen molar-refractivity contribution in [2.75, 3.05) is 5.75 Å². The van der Waals surface area contributed by atoms with Crippen LogP contribution in [0.1, 0.15) is 31.4 Å². The highest BCUT2D eigenvalue weighted by Gasteiger charge is 2.38. The molecule has 2 atom stereocenters. The average Bonchev–Trinajstić information content (AvgIpc) is 2.87. The highest BCUT2D eigenvalue weighted by molar-refractivity contribution is 8.00. The van der Waals surface area contributed by atoms with E-state index in [-0.39, 0.29) is 11.3 Å². The van der Waals surface area contributed by atoms with Gasteiger partial charge in [0.2, 0.25) is 5.91 Å². The van der Waals surface area contributed by atoms with Crippen LogP contribution in [0.3, 0.4) is 0 Å². The molecule has 1 aromatic rings. The number of hydrogen-bond donors (Lipinski definition) is 1. The number of nitrogens with zero attached hydrogens (tertiary/aromatic N) is 1. The first-order chi connectivity index (χ1) is 10.0. The molecule has 0 spiro atoms. The van der Waals surface area contributed by atoms with Gasteiger partial charge in [-0.2, -0.15) is 0 Å². The lowest BCUT2D eigenvalue weighted by Crippen LogP contribution is -2.44. The lowest BCUT2D eigenvalue weighted by molar-refractivity contribution is -0.148. The maximum Gasteiger partial charge on any atom is 0.327 e. The van der Waals surface area contributed by atoms with E-state index >= 15 is 0 Å². The van der Waals surface area contributed by atoms with E-state index in [1.807, 2.05) is 19.1 Å². The van der Waals surface area contributed by atoms with Crippen molar-refractivity contribution in [2.24, 2.45) is 0 Å². The monoisotopic (exact) mass is 307 g/mol. The van der Waals surface area contributed by atoms with Crippen molar-refractivity contribution >= 4 is 23.6 Å². The predicted molar refractivity (Wildman–Crippen MR) is 84.3 cm³/mol. The zero-order chi connectivity index (χ0) is 15.4. The van der Waals surface area contributed by atoms with E-state index in [0.29, 0.717) is 18.6 Å². The number of carbonyl (C=O) groups is 2. The Morgan fingerprint density at radius 3 is 2.48 bits per heavy atom. The highest BCUT2D eigenvalue weighted by Crippen LogP contribution is 2.29. The molecule has 4 nitrogen and oxygen atoms in total. The summed E-state index contributed by atoms with van der Waals surface area (Å²) < 4.78 is 0. The lowest BCUT2D eigenvalue weighted by Gasteiger charge is -2.25. The Bertz CT molecular complexity index is 515. The summed E-state index contributed by atoms with van der Waals surface area (Å²) in [4.78, 5) is 25.0. The van der Waals surface area contributed by atoms with E-state index in [2.05, 4.69) is 19.1 Å². The predicted octanol–water partition coefficient (Wildman–Crippen LogP) is 2.56. The molecule has 2 rings (SSSR count). The minimum atomic E-state index is -0.910. The fourth-order valence-corrected chi connectivity index (χ4v) is 3.72. The third-order valence-electron chi connectivity index (χ3n) is 3.85. The van der Waals surface area contributed by atoms with Gasteiger partial charge in [-0.1, -0.05) is 31.2 Å². The first kappa shape index (κ1) is 15.9. The second kappa shape index (κ2) is 6.98. The second-order valence-electron chi connectivity index (χ2n) is 5.26. The molecule has 1 saturated heterocycles. The van der Waals surface area contributed by atoms with Crippen molar-refractivity contribution < 1.29 is 14.7 Å². The number of benzene rings is 1. The second-order valence-corrected chi connectivity index (χ2v) is 6.61. The van der Waals surface area contributed by atoms with Crippen LogP contribution in [0.15, 0.2) is 24.3 Å². The Kier molecular flexibility index (Phi) is 5.28. The van der Waals surface area contributed by atoms with Gasteiger partial charge in [-0.3, -0.25) is 4.79 Å². The Balaban J connectivity index is 1.95. The average molecular weight is 307 g/mol. The van der Waals surface area contributed by atoms with E-state index in [1.165, 1.54) is 22.2 Å². The molecule has 2 unspecified atom stereocenters. The molecule has 0 bridgehead atoms. The number of hydrogen-bond acceptors (Lipinski definition) is 3. The molecule has 1 fully saturated rings. The number of amides is 1. The number of aliphatic carboxylic acids is 1. The third-order valence-corrected chi connectivity index (χ3v) is 5.07. The van der Waals surface area contributed by atoms with Crippen LogP contribution in [0.5, 0.6) is 0 Å². The van der Waals surface area contributed by atoms with Crippen LogP contribution in [0.4, 0.5) is 0 Å². The summed E-state index contributed by atoms with van der Waals surface area (Å²) in [7, 11) is 0. The quantitative estimate of drug-likeness (QED) is 0.908. The molecule has 1 aliphatic heterocycles. The molecule has 1 N–H and O–H groups in total. The fourth-order valence-electron chi connectivity index (χ4n) is 2.53. The van der Waals surface area contributed by atoms with Crippen molar-refractivity contribution in [3.8, 4) is 0 Å². The topological polar surface area (TPSA) is 57.6 Å². The van der Waals surface area contributed by atoms with Crippen molar-refractivity contribution in [3.05, 3.63) is 35.4 Å². The maximum atomic E-state index is 12.3. The first-order valence-corrected chi connectivity index (χ1v) is 8.31. The van der Waals surface area contributed by atoms with E-state index in [4.69, 9.17) is 0 Å². The fraction of sp³-hybridized carbons (Fsp3) is 0.500. The summed E-state index contributed by atoms with van der Waals surface area (Å²) in [5, 5.41) is 9.13. The number of carboxylic acids is 1. The van der Waals surface area contributed by atoms with Crippen molar-refractivity contribution in [1.82, 2.24) is 4.90 Å². The van der Waals surface area contributed by atoms with Gasteiger partial charge in [0.1, 0.15) is 6.04 Å². The number of thioether (sulfide) groups is 1. The smallest absolute Gasteiger partial charge is 0.327 e. The highest BCUT2D eigenvalue weighted by atomic mass is 32.2. The van der Waals surface area contributed by atoms with Gasteiger partial charge in [0, 0.05) is 12.2 Å². The van der Waals surface area contributed by atoms with Gasteiger partial charge < -0.3 is 10.0 Å². The molecular formula is C16H21NO3S. The van der Waals surface area contributed by atoms with Gasteiger partial charge in [0.25, 0.3) is 0 Å². The van der Waals surface area contributed by atoms with Crippen LogP contribution in [0, 0.1) is 0 Å². The third kappa shape index (κ3) is 3.79. The number of carbonyl (C=O) groups excluding carboxylic acids is 1. The maximum absolute atomic E-state index is 12.3. The zero-order valence-electron chi connectivity index (χ0n) is 12.4. The Labute approximate surface area is 129 Å². The molecule has 1 aliphatic rings. The van der Waals surface area contributed by atoms with Gasteiger partial charge >= 0.3 is 5.97 Å². The van der Waals surface area contributed by atoms with E-state index in [9.17, 15) is 14.7 Å². The first-order valence-electron chi connectivity index (χ1n) is 7.26. The van der Waals surface area contributed by atoms with Gasteiger partial charge in [-0.25, -0.2) is 4.79 Å². The molecule has 1 heterocycles. The number of carboxylic acid groups (broad SMARTS) is 1. The number of rotatable bonds is 5. The zero-order valence-corrected chi connectivity index (χ0v) is 13.2. The summed E-state index contributed by atoms with van der Waals surface area (Å²) >= 11 is 1.52. The molecule has 0 aromatic heterocycles. The minimum absolute atomic E-state index is 0.0546. The SMILES string of the molecule is CCc1ccc(CCC(=O)N2C(C)SCC2C(=O)O)cc1. The van der Waals surface area contributed by atoms with Crippen LogP contribution >= 0.6 is 11.8 Å².